The number of benzene rings is 2. The van der Waals surface area contributed by atoms with Crippen LogP contribution in [0.4, 0.5) is 0 Å². The van der Waals surface area contributed by atoms with E-state index in [1.54, 1.807) is 24.3 Å². The predicted molar refractivity (Wildman–Crippen MR) is 111 cm³/mol. The molecule has 0 aromatic heterocycles. The van der Waals surface area contributed by atoms with Gasteiger partial charge in [0.2, 0.25) is 0 Å². The van der Waals surface area contributed by atoms with E-state index in [9.17, 15) is 8.42 Å². The average Bonchev–Trinajstić information content (AvgIpc) is 2.62. The minimum Gasteiger partial charge on any atom is -0.492 e. The van der Waals surface area contributed by atoms with Gasteiger partial charge in [0.05, 0.1) is 4.90 Å². The molecule has 1 unspecified atom stereocenters. The fourth-order valence-electron chi connectivity index (χ4n) is 3.13. The van der Waals surface area contributed by atoms with Gasteiger partial charge in [-0.05, 0) is 35.9 Å². The summed E-state index contributed by atoms with van der Waals surface area (Å²) in [4.78, 5) is 2.64. The second-order valence-electron chi connectivity index (χ2n) is 6.41. The van der Waals surface area contributed by atoms with Crippen LogP contribution < -0.4 is 10.1 Å². The molecule has 2 aromatic rings. The van der Waals surface area contributed by atoms with E-state index >= 15 is 0 Å². The molecule has 27 heavy (non-hydrogen) atoms. The van der Waals surface area contributed by atoms with Crippen molar-refractivity contribution in [3.8, 4) is 5.75 Å². The van der Waals surface area contributed by atoms with Crippen LogP contribution in [0.1, 0.15) is 11.6 Å². The molecular weight excluding hydrogens is 407 g/mol. The Kier molecular flexibility index (Phi) is 7.94. The van der Waals surface area contributed by atoms with E-state index in [4.69, 9.17) is 16.3 Å². The monoisotopic (exact) mass is 430 g/mol. The minimum atomic E-state index is -3.23. The number of ether oxygens (including phenoxy) is 1. The summed E-state index contributed by atoms with van der Waals surface area (Å²) in [6.07, 6.45) is 1.20. The van der Waals surface area contributed by atoms with Crippen molar-refractivity contribution in [2.45, 2.75) is 10.9 Å². The highest BCUT2D eigenvalue weighted by atomic mass is 35.5. The first kappa shape index (κ1) is 22.0. The summed E-state index contributed by atoms with van der Waals surface area (Å²) in [6.45, 7) is 3.96. The highest BCUT2D eigenvalue weighted by molar-refractivity contribution is 7.90. The third-order valence-corrected chi connectivity index (χ3v) is 5.81. The Morgan fingerprint density at radius 1 is 1.22 bits per heavy atom. The smallest absolute Gasteiger partial charge is 0.175 e. The summed E-state index contributed by atoms with van der Waals surface area (Å²) >= 11 is 6.14. The maximum Gasteiger partial charge on any atom is 0.175 e. The number of rotatable bonds is 6. The molecule has 0 saturated carbocycles. The standard InChI is InChI=1S/C19H23ClN2O3S.ClH/c1-26(23,24)18-7-3-6-17(13-18)25-11-10-22-9-8-21-14-19(22)15-4-2-5-16(20)12-15;/h2-7,12-13,19,21H,8-11,14H2,1H3;1H. The van der Waals surface area contributed by atoms with Gasteiger partial charge in [-0.15, -0.1) is 12.4 Å². The number of hydrogen-bond donors (Lipinski definition) is 1. The third-order valence-electron chi connectivity index (χ3n) is 4.47. The van der Waals surface area contributed by atoms with E-state index in [0.29, 0.717) is 12.4 Å². The number of halogens is 2. The molecule has 3 rings (SSSR count). The summed E-state index contributed by atoms with van der Waals surface area (Å²) in [5.74, 6) is 0.572. The summed E-state index contributed by atoms with van der Waals surface area (Å²) in [7, 11) is -3.23. The summed E-state index contributed by atoms with van der Waals surface area (Å²) in [6, 6.07) is 14.8. The molecule has 0 spiro atoms. The van der Waals surface area contributed by atoms with Crippen molar-refractivity contribution < 1.29 is 13.2 Å². The second-order valence-corrected chi connectivity index (χ2v) is 8.86. The first-order valence-corrected chi connectivity index (χ1v) is 10.8. The molecule has 8 heteroatoms. The van der Waals surface area contributed by atoms with Gasteiger partial charge < -0.3 is 10.1 Å². The normalized spacial score (nSPS) is 17.9. The molecule has 1 fully saturated rings. The maximum absolute atomic E-state index is 11.7. The highest BCUT2D eigenvalue weighted by Crippen LogP contribution is 2.24. The second kappa shape index (κ2) is 9.75. The molecule has 0 bridgehead atoms. The highest BCUT2D eigenvalue weighted by Gasteiger charge is 2.23. The lowest BCUT2D eigenvalue weighted by Crippen LogP contribution is -2.47. The van der Waals surface area contributed by atoms with Gasteiger partial charge in [-0.2, -0.15) is 0 Å². The zero-order valence-electron chi connectivity index (χ0n) is 15.1. The van der Waals surface area contributed by atoms with Gasteiger partial charge in [-0.1, -0.05) is 29.8 Å². The molecule has 5 nitrogen and oxygen atoms in total. The van der Waals surface area contributed by atoms with Crippen LogP contribution >= 0.6 is 24.0 Å². The minimum absolute atomic E-state index is 0. The van der Waals surface area contributed by atoms with Crippen molar-refractivity contribution in [1.29, 1.82) is 0 Å². The van der Waals surface area contributed by atoms with Gasteiger partial charge in [0, 0.05) is 43.5 Å². The van der Waals surface area contributed by atoms with Gasteiger partial charge in [-0.25, -0.2) is 8.42 Å². The van der Waals surface area contributed by atoms with Crippen molar-refractivity contribution in [3.63, 3.8) is 0 Å². The first-order valence-electron chi connectivity index (χ1n) is 8.56. The van der Waals surface area contributed by atoms with Crippen LogP contribution in [0.15, 0.2) is 53.4 Å². The lowest BCUT2D eigenvalue weighted by atomic mass is 10.0. The Balaban J connectivity index is 0.00000261. The van der Waals surface area contributed by atoms with Crippen LogP contribution in [0.5, 0.6) is 5.75 Å². The SMILES string of the molecule is CS(=O)(=O)c1cccc(OCCN2CCNCC2c2cccc(Cl)c2)c1.Cl. The van der Waals surface area contributed by atoms with Crippen LogP contribution in [0.2, 0.25) is 5.02 Å². The first-order chi connectivity index (χ1) is 12.4. The van der Waals surface area contributed by atoms with Gasteiger partial charge >= 0.3 is 0 Å². The third kappa shape index (κ3) is 6.09. The molecule has 0 amide bonds. The Bertz CT molecular complexity index is 862. The maximum atomic E-state index is 11.7. The van der Waals surface area contributed by atoms with Crippen LogP contribution in [-0.2, 0) is 9.84 Å². The number of sulfone groups is 1. The van der Waals surface area contributed by atoms with Crippen molar-refractivity contribution >= 4 is 33.8 Å². The molecule has 1 N–H and O–H groups in total. The van der Waals surface area contributed by atoms with E-state index in [-0.39, 0.29) is 23.3 Å². The fraction of sp³-hybridized carbons (Fsp3) is 0.368. The lowest BCUT2D eigenvalue weighted by Gasteiger charge is -2.36. The van der Waals surface area contributed by atoms with Gasteiger partial charge in [0.1, 0.15) is 12.4 Å². The van der Waals surface area contributed by atoms with E-state index in [2.05, 4.69) is 16.3 Å². The lowest BCUT2D eigenvalue weighted by molar-refractivity contribution is 0.134. The topological polar surface area (TPSA) is 58.6 Å². The summed E-state index contributed by atoms with van der Waals surface area (Å²) in [5, 5.41) is 4.16. The Labute approximate surface area is 172 Å². The van der Waals surface area contributed by atoms with Crippen molar-refractivity contribution in [3.05, 3.63) is 59.1 Å². The van der Waals surface area contributed by atoms with E-state index in [1.165, 1.54) is 11.8 Å². The molecule has 0 radical (unpaired) electrons. The molecule has 1 atom stereocenters. The van der Waals surface area contributed by atoms with Crippen LogP contribution in [0.3, 0.4) is 0 Å². The van der Waals surface area contributed by atoms with Crippen molar-refractivity contribution in [2.75, 3.05) is 39.0 Å². The molecule has 2 aromatic carbocycles. The fourth-order valence-corrected chi connectivity index (χ4v) is 3.99. The Hall–Kier alpha value is -1.31. The van der Waals surface area contributed by atoms with E-state index in [0.717, 1.165) is 31.2 Å². The Morgan fingerprint density at radius 2 is 2.00 bits per heavy atom. The molecular formula is C19H24Cl2N2O3S. The largest absolute Gasteiger partial charge is 0.492 e. The van der Waals surface area contributed by atoms with E-state index in [1.807, 2.05) is 18.2 Å². The molecule has 148 valence electrons. The average molecular weight is 431 g/mol. The van der Waals surface area contributed by atoms with Crippen LogP contribution in [0.25, 0.3) is 0 Å². The quantitative estimate of drug-likeness (QED) is 0.762. The number of nitrogens with one attached hydrogen (secondary N) is 1. The molecule has 1 aliphatic heterocycles. The molecule has 1 aliphatic rings. The summed E-state index contributed by atoms with van der Waals surface area (Å²) < 4.78 is 29.1. The van der Waals surface area contributed by atoms with Crippen molar-refractivity contribution in [2.24, 2.45) is 0 Å². The van der Waals surface area contributed by atoms with Gasteiger partial charge in [0.25, 0.3) is 0 Å². The number of nitrogens with zero attached hydrogens (tertiary/aromatic N) is 1. The number of piperazine rings is 1. The summed E-state index contributed by atoms with van der Waals surface area (Å²) in [5.41, 5.74) is 1.18. The van der Waals surface area contributed by atoms with Gasteiger partial charge in [-0.3, -0.25) is 4.90 Å². The van der Waals surface area contributed by atoms with Crippen LogP contribution in [0, 0.1) is 0 Å². The predicted octanol–water partition coefficient (Wildman–Crippen LogP) is 3.19. The molecule has 1 heterocycles. The van der Waals surface area contributed by atoms with Crippen LogP contribution in [-0.4, -0.2) is 52.4 Å². The van der Waals surface area contributed by atoms with E-state index < -0.39 is 9.84 Å². The Morgan fingerprint density at radius 3 is 2.74 bits per heavy atom. The number of hydrogen-bond acceptors (Lipinski definition) is 5. The van der Waals surface area contributed by atoms with Crippen molar-refractivity contribution in [1.82, 2.24) is 10.2 Å². The zero-order valence-corrected chi connectivity index (χ0v) is 17.5. The molecule has 0 aliphatic carbocycles. The van der Waals surface area contributed by atoms with Gasteiger partial charge in [0.15, 0.2) is 9.84 Å². The molecule has 1 saturated heterocycles. The zero-order chi connectivity index (χ0) is 18.6.